The molecular weight excluding hydrogens is 336 g/mol. The molecule has 1 atom stereocenters. The van der Waals surface area contributed by atoms with Crippen molar-refractivity contribution in [1.29, 1.82) is 0 Å². The molecule has 0 aromatic carbocycles. The fourth-order valence-corrected chi connectivity index (χ4v) is 3.05. The third kappa shape index (κ3) is 6.46. The number of hydrogen-bond donors (Lipinski definition) is 0. The van der Waals surface area contributed by atoms with Crippen LogP contribution in [0.5, 0.6) is 0 Å². The number of rotatable bonds is 10. The highest BCUT2D eigenvalue weighted by molar-refractivity contribution is 5.85. The molecule has 0 saturated carbocycles. The van der Waals surface area contributed by atoms with E-state index >= 15 is 0 Å². The summed E-state index contributed by atoms with van der Waals surface area (Å²) in [4.78, 5) is 28.5. The molecule has 2 heterocycles. The molecule has 1 aromatic heterocycles. The van der Waals surface area contributed by atoms with E-state index in [1.165, 1.54) is 7.11 Å². The van der Waals surface area contributed by atoms with E-state index in [9.17, 15) is 9.59 Å². The molecule has 0 radical (unpaired) electrons. The number of carbonyl (C=O) groups is 2. The van der Waals surface area contributed by atoms with E-state index < -0.39 is 0 Å². The van der Waals surface area contributed by atoms with Crippen LogP contribution in [0.25, 0.3) is 0 Å². The van der Waals surface area contributed by atoms with Crippen molar-refractivity contribution in [1.82, 2.24) is 9.80 Å². The van der Waals surface area contributed by atoms with Crippen molar-refractivity contribution >= 4 is 11.8 Å². The molecule has 0 unspecified atom stereocenters. The predicted molar refractivity (Wildman–Crippen MR) is 96.4 cm³/mol. The molecule has 2 amide bonds. The van der Waals surface area contributed by atoms with Crippen LogP contribution in [0.1, 0.15) is 32.4 Å². The van der Waals surface area contributed by atoms with Crippen molar-refractivity contribution in [2.45, 2.75) is 39.3 Å². The second-order valence-electron chi connectivity index (χ2n) is 7.09. The Morgan fingerprint density at radius 1 is 1.31 bits per heavy atom. The lowest BCUT2D eigenvalue weighted by Crippen LogP contribution is -2.46. The van der Waals surface area contributed by atoms with Gasteiger partial charge in [-0.25, -0.2) is 0 Å². The van der Waals surface area contributed by atoms with Crippen LogP contribution in [0, 0.1) is 5.92 Å². The van der Waals surface area contributed by atoms with Gasteiger partial charge in [0.2, 0.25) is 11.8 Å². The normalized spacial score (nSPS) is 16.8. The summed E-state index contributed by atoms with van der Waals surface area (Å²) < 4.78 is 16.0. The van der Waals surface area contributed by atoms with E-state index in [0.717, 1.165) is 25.2 Å². The topological polar surface area (TPSA) is 72.2 Å². The fourth-order valence-electron chi connectivity index (χ4n) is 3.05. The van der Waals surface area contributed by atoms with E-state index in [4.69, 9.17) is 13.9 Å². The fraction of sp³-hybridized carbons (Fsp3) is 0.684. The second kappa shape index (κ2) is 10.3. The van der Waals surface area contributed by atoms with Gasteiger partial charge in [0.15, 0.2) is 0 Å². The molecule has 0 N–H and O–H groups in total. The van der Waals surface area contributed by atoms with Gasteiger partial charge in [0.05, 0.1) is 25.5 Å². The van der Waals surface area contributed by atoms with E-state index in [-0.39, 0.29) is 37.0 Å². The Morgan fingerprint density at radius 3 is 2.69 bits per heavy atom. The quantitative estimate of drug-likeness (QED) is 0.633. The first kappa shape index (κ1) is 20.5. The van der Waals surface area contributed by atoms with Gasteiger partial charge < -0.3 is 23.7 Å². The lowest BCUT2D eigenvalue weighted by Gasteiger charge is -2.29. The predicted octanol–water partition coefficient (Wildman–Crippen LogP) is 1.92. The van der Waals surface area contributed by atoms with Gasteiger partial charge in [-0.3, -0.25) is 9.59 Å². The Balaban J connectivity index is 2.04. The lowest BCUT2D eigenvalue weighted by atomic mass is 10.2. The summed E-state index contributed by atoms with van der Waals surface area (Å²) in [7, 11) is 1.48. The number of carbonyl (C=O) groups excluding carboxylic acids is 2. The molecule has 0 aliphatic carbocycles. The maximum atomic E-state index is 13.0. The molecule has 1 saturated heterocycles. The molecule has 146 valence electrons. The zero-order chi connectivity index (χ0) is 18.9. The van der Waals surface area contributed by atoms with Crippen LogP contribution >= 0.6 is 0 Å². The van der Waals surface area contributed by atoms with Crippen molar-refractivity contribution in [3.8, 4) is 0 Å². The Labute approximate surface area is 155 Å². The van der Waals surface area contributed by atoms with E-state index in [1.807, 2.05) is 19.9 Å². The lowest BCUT2D eigenvalue weighted by molar-refractivity contribution is -0.144. The SMILES string of the molecule is COCC(=O)N(CC(=O)N(Cc1ccco1)C[C@@H]1CCCO1)CC(C)C. The number of hydrogen-bond acceptors (Lipinski definition) is 5. The summed E-state index contributed by atoms with van der Waals surface area (Å²) in [6, 6.07) is 3.65. The highest BCUT2D eigenvalue weighted by Gasteiger charge is 2.26. The molecule has 1 aliphatic heterocycles. The van der Waals surface area contributed by atoms with E-state index in [0.29, 0.717) is 19.6 Å². The van der Waals surface area contributed by atoms with Gasteiger partial charge in [-0.2, -0.15) is 0 Å². The van der Waals surface area contributed by atoms with E-state index in [2.05, 4.69) is 0 Å². The van der Waals surface area contributed by atoms with Crippen LogP contribution in [0.15, 0.2) is 22.8 Å². The third-order valence-corrected chi connectivity index (χ3v) is 4.26. The standard InChI is InChI=1S/C19H30N2O5/c1-15(2)10-20(19(23)14-24-3)13-18(22)21(11-16-6-4-8-25-16)12-17-7-5-9-26-17/h4,6,8,15,17H,5,7,9-14H2,1-3H3/t17-/m0/s1. The van der Waals surface area contributed by atoms with E-state index in [1.54, 1.807) is 22.1 Å². The minimum atomic E-state index is -0.176. The van der Waals surface area contributed by atoms with Crippen molar-refractivity contribution in [2.24, 2.45) is 5.92 Å². The zero-order valence-electron chi connectivity index (χ0n) is 16.0. The average Bonchev–Trinajstić information content (AvgIpc) is 3.27. The summed E-state index contributed by atoms with van der Waals surface area (Å²) >= 11 is 0. The number of ether oxygens (including phenoxy) is 2. The Bertz CT molecular complexity index is 552. The van der Waals surface area contributed by atoms with Gasteiger partial charge in [0.25, 0.3) is 0 Å². The van der Waals surface area contributed by atoms with Crippen LogP contribution in [0.2, 0.25) is 0 Å². The molecule has 1 aliphatic rings. The molecule has 2 rings (SSSR count). The first-order chi connectivity index (χ1) is 12.5. The van der Waals surface area contributed by atoms with Gasteiger partial charge in [-0.1, -0.05) is 13.8 Å². The Hall–Kier alpha value is -1.86. The maximum absolute atomic E-state index is 13.0. The van der Waals surface area contributed by atoms with Gasteiger partial charge >= 0.3 is 0 Å². The molecular formula is C19H30N2O5. The van der Waals surface area contributed by atoms with Crippen LogP contribution in [0.3, 0.4) is 0 Å². The second-order valence-corrected chi connectivity index (χ2v) is 7.09. The van der Waals surface area contributed by atoms with Crippen molar-refractivity contribution in [3.05, 3.63) is 24.2 Å². The highest BCUT2D eigenvalue weighted by Crippen LogP contribution is 2.16. The summed E-state index contributed by atoms with van der Waals surface area (Å²) in [5, 5.41) is 0. The average molecular weight is 366 g/mol. The molecule has 1 aromatic rings. The summed E-state index contributed by atoms with van der Waals surface area (Å²) in [5.41, 5.74) is 0. The molecule has 1 fully saturated rings. The number of amides is 2. The molecule has 7 heteroatoms. The first-order valence-corrected chi connectivity index (χ1v) is 9.18. The van der Waals surface area contributed by atoms with Crippen LogP contribution in [-0.4, -0.2) is 67.7 Å². The van der Waals surface area contributed by atoms with Gasteiger partial charge in [0, 0.05) is 26.8 Å². The Kier molecular flexibility index (Phi) is 8.12. The van der Waals surface area contributed by atoms with Crippen LogP contribution < -0.4 is 0 Å². The van der Waals surface area contributed by atoms with Crippen LogP contribution in [0.4, 0.5) is 0 Å². The van der Waals surface area contributed by atoms with Gasteiger partial charge in [-0.05, 0) is 30.9 Å². The van der Waals surface area contributed by atoms with Gasteiger partial charge in [0.1, 0.15) is 12.4 Å². The molecule has 0 spiro atoms. The molecule has 0 bridgehead atoms. The highest BCUT2D eigenvalue weighted by atomic mass is 16.5. The summed E-state index contributed by atoms with van der Waals surface area (Å²) in [6.45, 7) is 6.18. The van der Waals surface area contributed by atoms with Crippen LogP contribution in [-0.2, 0) is 25.6 Å². The molecule has 7 nitrogen and oxygen atoms in total. The maximum Gasteiger partial charge on any atom is 0.249 e. The minimum Gasteiger partial charge on any atom is -0.467 e. The molecule has 26 heavy (non-hydrogen) atoms. The van der Waals surface area contributed by atoms with Gasteiger partial charge in [-0.15, -0.1) is 0 Å². The Morgan fingerprint density at radius 2 is 2.12 bits per heavy atom. The smallest absolute Gasteiger partial charge is 0.249 e. The minimum absolute atomic E-state index is 0.0239. The summed E-state index contributed by atoms with van der Waals surface area (Å²) in [6.07, 6.45) is 3.60. The number of methoxy groups -OCH3 is 1. The number of furan rings is 1. The zero-order valence-corrected chi connectivity index (χ0v) is 16.0. The largest absolute Gasteiger partial charge is 0.467 e. The van der Waals surface area contributed by atoms with Crippen molar-refractivity contribution in [3.63, 3.8) is 0 Å². The van der Waals surface area contributed by atoms with Crippen molar-refractivity contribution < 1.29 is 23.5 Å². The number of nitrogens with zero attached hydrogens (tertiary/aromatic N) is 2. The monoisotopic (exact) mass is 366 g/mol. The van der Waals surface area contributed by atoms with Crippen molar-refractivity contribution in [2.75, 3.05) is 40.0 Å². The first-order valence-electron chi connectivity index (χ1n) is 9.18. The third-order valence-electron chi connectivity index (χ3n) is 4.26. The summed E-state index contributed by atoms with van der Waals surface area (Å²) in [5.74, 6) is 0.696.